The van der Waals surface area contributed by atoms with E-state index in [2.05, 4.69) is 43.4 Å². The van der Waals surface area contributed by atoms with Crippen molar-refractivity contribution in [3.63, 3.8) is 0 Å². The van der Waals surface area contributed by atoms with Crippen molar-refractivity contribution in [2.45, 2.75) is 33.2 Å². The van der Waals surface area contributed by atoms with E-state index in [0.29, 0.717) is 0 Å². The van der Waals surface area contributed by atoms with E-state index in [1.54, 1.807) is 0 Å². The lowest BCUT2D eigenvalue weighted by molar-refractivity contribution is 0.399. The molecule has 0 saturated heterocycles. The van der Waals surface area contributed by atoms with Crippen molar-refractivity contribution in [2.75, 3.05) is 13.7 Å². The largest absolute Gasteiger partial charge is 0.400 e. The maximum absolute atomic E-state index is 7.00. The molecule has 0 aliphatic carbocycles. The minimum Gasteiger partial charge on any atom is -0.400 e. The molecule has 2 heteroatoms. The summed E-state index contributed by atoms with van der Waals surface area (Å²) < 4.78 is 0. The first-order chi connectivity index (χ1) is 7.38. The Morgan fingerprint density at radius 2 is 1.73 bits per heavy atom. The van der Waals surface area contributed by atoms with Gasteiger partial charge in [0, 0.05) is 15.1 Å². The van der Waals surface area contributed by atoms with E-state index in [9.17, 15) is 0 Å². The summed E-state index contributed by atoms with van der Waals surface area (Å²) in [6.45, 7) is 6.44. The van der Waals surface area contributed by atoms with Crippen molar-refractivity contribution in [2.24, 2.45) is 0 Å². The third kappa shape index (κ3) is 5.55. The van der Waals surface area contributed by atoms with Crippen molar-refractivity contribution >= 4 is 0 Å². The summed E-state index contributed by atoms with van der Waals surface area (Å²) in [4.78, 5) is 0. The number of hydrogen-bond donors (Lipinski definition) is 2. The highest BCUT2D eigenvalue weighted by atomic mass is 16.2. The monoisotopic (exact) mass is 211 g/mol. The van der Waals surface area contributed by atoms with Crippen LogP contribution in [0.5, 0.6) is 0 Å². The SMILES string of the molecule is CCC.CO.[HH].c1ccc2c(c1)CCNC2. The van der Waals surface area contributed by atoms with Gasteiger partial charge in [0.15, 0.2) is 0 Å². The van der Waals surface area contributed by atoms with E-state index in [4.69, 9.17) is 5.11 Å². The molecule has 0 saturated carbocycles. The van der Waals surface area contributed by atoms with E-state index in [1.807, 2.05) is 0 Å². The van der Waals surface area contributed by atoms with Crippen LogP contribution in [0.2, 0.25) is 0 Å². The van der Waals surface area contributed by atoms with Crippen LogP contribution in [-0.4, -0.2) is 18.8 Å². The van der Waals surface area contributed by atoms with Gasteiger partial charge in [0.2, 0.25) is 0 Å². The van der Waals surface area contributed by atoms with Gasteiger partial charge in [0.25, 0.3) is 0 Å². The summed E-state index contributed by atoms with van der Waals surface area (Å²) in [6, 6.07) is 8.63. The van der Waals surface area contributed by atoms with Crippen LogP contribution in [0.25, 0.3) is 0 Å². The van der Waals surface area contributed by atoms with E-state index >= 15 is 0 Å². The maximum Gasteiger partial charge on any atom is 0.0319 e. The first-order valence-electron chi connectivity index (χ1n) is 5.60. The standard InChI is InChI=1S/C9H11N.C3H8.CH4O.H2/c1-2-4-9-7-10-6-5-8(9)3-1;1-3-2;1-2;/h1-4,10H,5-7H2;3H2,1-2H3;2H,1H3;1H. The maximum atomic E-state index is 7.00. The zero-order valence-corrected chi connectivity index (χ0v) is 10.1. The molecule has 2 nitrogen and oxygen atoms in total. The molecule has 0 radical (unpaired) electrons. The molecular weight excluding hydrogens is 186 g/mol. The van der Waals surface area contributed by atoms with Crippen LogP contribution in [0.3, 0.4) is 0 Å². The van der Waals surface area contributed by atoms with Crippen LogP contribution in [0.4, 0.5) is 0 Å². The zero-order valence-electron chi connectivity index (χ0n) is 10.1. The molecule has 0 spiro atoms. The minimum absolute atomic E-state index is 0. The van der Waals surface area contributed by atoms with Crippen LogP contribution in [-0.2, 0) is 13.0 Å². The molecule has 1 aliphatic rings. The summed E-state index contributed by atoms with van der Waals surface area (Å²) >= 11 is 0. The Balaban J connectivity index is 0. The van der Waals surface area contributed by atoms with Gasteiger partial charge in [-0.1, -0.05) is 44.5 Å². The summed E-state index contributed by atoms with van der Waals surface area (Å²) in [5.41, 5.74) is 2.98. The van der Waals surface area contributed by atoms with Crippen molar-refractivity contribution in [3.05, 3.63) is 35.4 Å². The fourth-order valence-corrected chi connectivity index (χ4v) is 1.42. The normalized spacial score (nSPS) is 12.5. The highest BCUT2D eigenvalue weighted by molar-refractivity contribution is 5.28. The lowest BCUT2D eigenvalue weighted by atomic mass is 10.0. The van der Waals surface area contributed by atoms with Gasteiger partial charge in [-0.3, -0.25) is 0 Å². The number of fused-ring (bicyclic) bond motifs is 1. The van der Waals surface area contributed by atoms with Crippen molar-refractivity contribution in [1.82, 2.24) is 5.32 Å². The number of aliphatic hydroxyl groups excluding tert-OH is 1. The van der Waals surface area contributed by atoms with Gasteiger partial charge in [-0.2, -0.15) is 0 Å². The summed E-state index contributed by atoms with van der Waals surface area (Å²) in [7, 11) is 1.00. The molecular formula is C13H25NO. The third-order valence-corrected chi connectivity index (χ3v) is 2.00. The van der Waals surface area contributed by atoms with Gasteiger partial charge in [-0.25, -0.2) is 0 Å². The number of benzene rings is 1. The number of aliphatic hydroxyl groups is 1. The van der Waals surface area contributed by atoms with E-state index in [-0.39, 0.29) is 1.43 Å². The van der Waals surface area contributed by atoms with Crippen LogP contribution in [0, 0.1) is 0 Å². The lowest BCUT2D eigenvalue weighted by Gasteiger charge is -2.15. The lowest BCUT2D eigenvalue weighted by Crippen LogP contribution is -2.23. The van der Waals surface area contributed by atoms with Gasteiger partial charge >= 0.3 is 0 Å². The molecule has 1 aromatic carbocycles. The molecule has 0 unspecified atom stereocenters. The molecule has 0 fully saturated rings. The van der Waals surface area contributed by atoms with Crippen LogP contribution < -0.4 is 5.32 Å². The fourth-order valence-electron chi connectivity index (χ4n) is 1.42. The highest BCUT2D eigenvalue weighted by Crippen LogP contribution is 2.11. The first-order valence-corrected chi connectivity index (χ1v) is 5.60. The van der Waals surface area contributed by atoms with Crippen molar-refractivity contribution in [1.29, 1.82) is 0 Å². The fraction of sp³-hybridized carbons (Fsp3) is 0.538. The second-order valence-corrected chi connectivity index (χ2v) is 3.40. The van der Waals surface area contributed by atoms with Gasteiger partial charge in [0.1, 0.15) is 0 Å². The highest BCUT2D eigenvalue weighted by Gasteiger charge is 2.05. The molecule has 0 aromatic heterocycles. The second-order valence-electron chi connectivity index (χ2n) is 3.40. The van der Waals surface area contributed by atoms with Crippen LogP contribution >= 0.6 is 0 Å². The van der Waals surface area contributed by atoms with Gasteiger partial charge < -0.3 is 10.4 Å². The Morgan fingerprint density at radius 3 is 2.27 bits per heavy atom. The number of hydrogen-bond acceptors (Lipinski definition) is 2. The first kappa shape index (κ1) is 14.1. The molecule has 0 amide bonds. The molecule has 2 rings (SSSR count). The van der Waals surface area contributed by atoms with E-state index in [0.717, 1.165) is 20.2 Å². The Kier molecular flexibility index (Phi) is 9.13. The molecule has 0 atom stereocenters. The van der Waals surface area contributed by atoms with Gasteiger partial charge in [-0.15, -0.1) is 0 Å². The predicted molar refractivity (Wildman–Crippen MR) is 68.1 cm³/mol. The summed E-state index contributed by atoms with van der Waals surface area (Å²) in [5.74, 6) is 0. The number of rotatable bonds is 0. The molecule has 88 valence electrons. The quantitative estimate of drug-likeness (QED) is 0.691. The van der Waals surface area contributed by atoms with Crippen LogP contribution in [0.1, 0.15) is 32.8 Å². The molecule has 1 aromatic rings. The van der Waals surface area contributed by atoms with E-state index < -0.39 is 0 Å². The van der Waals surface area contributed by atoms with Gasteiger partial charge in [-0.05, 0) is 24.1 Å². The smallest absolute Gasteiger partial charge is 0.0319 e. The van der Waals surface area contributed by atoms with Crippen molar-refractivity contribution in [3.8, 4) is 0 Å². The molecule has 0 bridgehead atoms. The van der Waals surface area contributed by atoms with Crippen LogP contribution in [0.15, 0.2) is 24.3 Å². The van der Waals surface area contributed by atoms with Crippen molar-refractivity contribution < 1.29 is 6.53 Å². The Bertz CT molecular complexity index is 228. The zero-order chi connectivity index (χ0) is 11.5. The Hall–Kier alpha value is -0.860. The molecule has 15 heavy (non-hydrogen) atoms. The minimum atomic E-state index is 0. The summed E-state index contributed by atoms with van der Waals surface area (Å²) in [6.07, 6.45) is 2.44. The number of nitrogens with one attached hydrogen (secondary N) is 1. The Labute approximate surface area is 94.8 Å². The van der Waals surface area contributed by atoms with Gasteiger partial charge in [0.05, 0.1) is 0 Å². The molecule has 1 aliphatic heterocycles. The molecule has 1 heterocycles. The Morgan fingerprint density at radius 1 is 1.20 bits per heavy atom. The summed E-state index contributed by atoms with van der Waals surface area (Å²) in [5, 5.41) is 10.3. The average molecular weight is 211 g/mol. The topological polar surface area (TPSA) is 32.3 Å². The van der Waals surface area contributed by atoms with E-state index in [1.165, 1.54) is 24.0 Å². The average Bonchev–Trinajstić information content (AvgIpc) is 2.33. The molecule has 2 N–H and O–H groups in total. The second kappa shape index (κ2) is 9.69. The predicted octanol–water partition coefficient (Wildman–Crippen LogP) is 2.60. The third-order valence-electron chi connectivity index (χ3n) is 2.00.